The number of benzene rings is 6. The van der Waals surface area contributed by atoms with Gasteiger partial charge in [0.05, 0.1) is 49.7 Å². The molecule has 0 spiro atoms. The van der Waals surface area contributed by atoms with E-state index in [1.165, 1.54) is 65.2 Å². The number of carbonyl (C=O) groups is 9. The van der Waals surface area contributed by atoms with Gasteiger partial charge in [-0.15, -0.1) is 0 Å². The van der Waals surface area contributed by atoms with Gasteiger partial charge in [0.1, 0.15) is 41.1 Å². The predicted molar refractivity (Wildman–Crippen MR) is 397 cm³/mol. The highest BCUT2D eigenvalue weighted by Gasteiger charge is 2.34. The Bertz CT molecular complexity index is 5680. The summed E-state index contributed by atoms with van der Waals surface area (Å²) >= 11 is 2.84. The van der Waals surface area contributed by atoms with Gasteiger partial charge in [-0.05, 0) is 134 Å². The lowest BCUT2D eigenvalue weighted by Crippen LogP contribution is -2.27. The normalized spacial score (nSPS) is 12.5. The van der Waals surface area contributed by atoms with Crippen molar-refractivity contribution in [2.24, 2.45) is 17.2 Å². The number of rotatable bonds is 23. The summed E-state index contributed by atoms with van der Waals surface area (Å²) in [7, 11) is 5.88. The van der Waals surface area contributed by atoms with Gasteiger partial charge in [0, 0.05) is 73.5 Å². The van der Waals surface area contributed by atoms with Crippen molar-refractivity contribution in [3.05, 3.63) is 211 Å². The Morgan fingerprint density at radius 1 is 0.429 bits per heavy atom. The van der Waals surface area contributed by atoms with Crippen LogP contribution < -0.4 is 57.5 Å². The van der Waals surface area contributed by atoms with E-state index in [0.29, 0.717) is 74.4 Å². The second-order valence-corrected chi connectivity index (χ2v) is 25.2. The number of fused-ring (bicyclic) bond motifs is 6. The first-order valence-corrected chi connectivity index (χ1v) is 34.1. The molecule has 34 heteroatoms. The first-order chi connectivity index (χ1) is 53.3. The molecule has 112 heavy (non-hydrogen) atoms. The summed E-state index contributed by atoms with van der Waals surface area (Å²) < 4.78 is 68.5. The minimum absolute atomic E-state index is 0.0189. The molecule has 3 amide bonds. The van der Waals surface area contributed by atoms with Crippen molar-refractivity contribution in [1.29, 1.82) is 0 Å². The van der Waals surface area contributed by atoms with Crippen LogP contribution in [0.2, 0.25) is 0 Å². The first-order valence-electron chi connectivity index (χ1n) is 33.0. The number of hydrogen-bond donors (Lipinski definition) is 7. The molecule has 0 fully saturated rings. The number of nitrogens with two attached hydrogens (primary N) is 3. The van der Waals surface area contributed by atoms with Gasteiger partial charge in [0.15, 0.2) is 104 Å². The number of alkyl halides is 1. The molecule has 0 atom stereocenters. The van der Waals surface area contributed by atoms with Crippen molar-refractivity contribution in [3.8, 4) is 46.0 Å². The number of ketones is 3. The summed E-state index contributed by atoms with van der Waals surface area (Å²) in [6.45, 7) is 5.00. The quantitative estimate of drug-likeness (QED) is 0.0159. The topological polar surface area (TPSA) is 519 Å². The molecular weight excluding hydrogens is 1540 g/mol. The van der Waals surface area contributed by atoms with Crippen LogP contribution in [0.3, 0.4) is 0 Å². The van der Waals surface area contributed by atoms with Gasteiger partial charge in [-0.1, -0.05) is 34.2 Å². The van der Waals surface area contributed by atoms with Crippen molar-refractivity contribution in [2.75, 3.05) is 74.2 Å². The second-order valence-electron chi connectivity index (χ2n) is 24.6. The zero-order valence-electron chi connectivity index (χ0n) is 60.7. The zero-order chi connectivity index (χ0) is 81.9. The van der Waals surface area contributed by atoms with Gasteiger partial charge in [0.2, 0.25) is 22.2 Å². The molecule has 3 heterocycles. The molecule has 10 N–H and O–H groups in total. The predicted octanol–water partition coefficient (Wildman–Crippen LogP) is 6.35. The van der Waals surface area contributed by atoms with Gasteiger partial charge < -0.3 is 108 Å². The molecular formula is C78H69BrN3O30-. The van der Waals surface area contributed by atoms with Crippen LogP contribution in [-0.2, 0) is 62.1 Å². The number of Topliss-reactive ketones (excluding diaryl/α,β-unsaturated/α-hetero) is 3. The number of phenols is 4. The number of allylic oxidation sites excluding steroid dienone is 6. The third-order valence-electron chi connectivity index (χ3n) is 17.4. The number of primary amides is 3. The Hall–Kier alpha value is -13.3. The van der Waals surface area contributed by atoms with E-state index in [1.54, 1.807) is 64.1 Å². The highest BCUT2D eigenvalue weighted by Crippen LogP contribution is 2.42. The Morgan fingerprint density at radius 3 is 1.12 bits per heavy atom. The number of esters is 2. The molecule has 6 aromatic carbocycles. The third-order valence-corrected chi connectivity index (χ3v) is 18.0. The number of methoxy groups -OCH3 is 4. The van der Waals surface area contributed by atoms with E-state index < -0.39 is 111 Å². The van der Waals surface area contributed by atoms with Crippen molar-refractivity contribution in [2.45, 2.75) is 47.0 Å². The molecule has 3 aliphatic carbocycles. The fourth-order valence-electron chi connectivity index (χ4n) is 11.9. The van der Waals surface area contributed by atoms with Crippen LogP contribution in [0.1, 0.15) is 118 Å². The summed E-state index contributed by atoms with van der Waals surface area (Å²) in [5, 5.41) is 51.0. The summed E-state index contributed by atoms with van der Waals surface area (Å²) in [5.41, 5.74) is 15.8. The number of aromatic carboxylic acids is 1. The number of hydrogen-bond acceptors (Lipinski definition) is 30. The standard InChI is InChI=1S/C28H27NO10.C26H24O9.C22H15NO10.C2H4BrNO/c1-14-7-22-25(24(15(14)2)28(33)37-11-23(29)30)27(32)19(10-36-22)17-6-5-16-8-20(38-12-34-3)21(39-13-35-4)9-18(16)26(17)31;1-13-7-21-23(22(14(13)2)26(29)30)25(28)18(10-33-21)16-6-5-15-8-19(34-11-31-3)20(35-12-32-4)9-17(15)24(16)27;23-16(27)7-33-22(31)18-17-15(5-14(26)21(18)30)32-6-11(20(17)29)9-2-1-8-3-12(24)13(25)4-10(8)19(9)28;3-1-2(4)5/h6-10H,5,11-13H2,1-4H3,(H2,29,30);6-10H,5,11-12H2,1-4H3,(H,29,30);2-6,24-26,30H,1,7H2,(H2,23,27);1H2,(H2,4,5)/p-1. The molecule has 0 unspecified atom stereocenters. The van der Waals surface area contributed by atoms with Crippen molar-refractivity contribution in [1.82, 2.24) is 0 Å². The molecule has 9 aromatic rings. The van der Waals surface area contributed by atoms with Crippen LogP contribution in [0, 0.1) is 27.7 Å². The number of aryl methyl sites for hydroxylation is 2. The van der Waals surface area contributed by atoms with Crippen LogP contribution in [0.25, 0.3) is 49.6 Å². The number of halogens is 1. The Morgan fingerprint density at radius 2 is 0.750 bits per heavy atom. The van der Waals surface area contributed by atoms with Gasteiger partial charge in [-0.3, -0.25) is 43.2 Å². The lowest BCUT2D eigenvalue weighted by Gasteiger charge is -2.20. The van der Waals surface area contributed by atoms with E-state index in [9.17, 15) is 83.1 Å². The van der Waals surface area contributed by atoms with Gasteiger partial charge >= 0.3 is 11.9 Å². The van der Waals surface area contributed by atoms with E-state index in [0.717, 1.165) is 18.4 Å². The molecule has 12 rings (SSSR count). The fourth-order valence-corrected chi connectivity index (χ4v) is 11.9. The smallest absolute Gasteiger partial charge is 0.343 e. The maximum atomic E-state index is 13.8. The molecule has 0 saturated heterocycles. The van der Waals surface area contributed by atoms with Crippen LogP contribution in [-0.4, -0.2) is 148 Å². The van der Waals surface area contributed by atoms with E-state index in [2.05, 4.69) is 26.4 Å². The van der Waals surface area contributed by atoms with E-state index in [1.807, 2.05) is 0 Å². The monoisotopic (exact) mass is 1610 g/mol. The molecule has 0 aliphatic heterocycles. The largest absolute Gasteiger partial charge is 0.545 e. The van der Waals surface area contributed by atoms with Gasteiger partial charge in [-0.25, -0.2) is 9.59 Å². The number of ether oxygens (including phenoxy) is 10. The lowest BCUT2D eigenvalue weighted by atomic mass is 9.86. The Balaban J connectivity index is 0.000000187. The highest BCUT2D eigenvalue weighted by atomic mass is 79.9. The third kappa shape index (κ3) is 17.5. The number of carboxylic acids is 1. The summed E-state index contributed by atoms with van der Waals surface area (Å²) in [4.78, 5) is 149. The van der Waals surface area contributed by atoms with Gasteiger partial charge in [0.25, 0.3) is 11.8 Å². The van der Waals surface area contributed by atoms with E-state index >= 15 is 0 Å². The summed E-state index contributed by atoms with van der Waals surface area (Å²) in [6, 6.07) is 12.8. The van der Waals surface area contributed by atoms with Crippen LogP contribution >= 0.6 is 15.9 Å². The summed E-state index contributed by atoms with van der Waals surface area (Å²) in [5.74, 6) is -8.83. The number of aromatic hydroxyl groups is 4. The van der Waals surface area contributed by atoms with E-state index in [4.69, 9.17) is 67.4 Å². The summed E-state index contributed by atoms with van der Waals surface area (Å²) in [6.07, 6.45) is 8.74. The molecule has 3 aromatic heterocycles. The lowest BCUT2D eigenvalue weighted by molar-refractivity contribution is -0.254. The van der Waals surface area contributed by atoms with Crippen molar-refractivity contribution < 1.29 is 129 Å². The molecule has 584 valence electrons. The van der Waals surface area contributed by atoms with Gasteiger partial charge in [-0.2, -0.15) is 0 Å². The van der Waals surface area contributed by atoms with Crippen LogP contribution in [0.5, 0.6) is 46.0 Å². The average Bonchev–Trinajstić information content (AvgIpc) is 0.756. The number of amides is 3. The van der Waals surface area contributed by atoms with Crippen LogP contribution in [0.15, 0.2) is 119 Å². The fraction of sp³-hybridized carbons (Fsp3) is 0.231. The minimum Gasteiger partial charge on any atom is -0.545 e. The highest BCUT2D eigenvalue weighted by molar-refractivity contribution is 9.09. The molecule has 33 nitrogen and oxygen atoms in total. The molecule has 0 bridgehead atoms. The Labute approximate surface area is 640 Å². The number of carbonyl (C=O) groups excluding carboxylic acids is 9. The SMILES string of the molecule is COCOc1cc2c(cc1OCOC)C(=O)C(c1coc3cc(C)c(C)c(C(=O)OCC(N)=O)c3c1=O)=CC2.COCOc1cc2c(cc1OCOC)C(=O)C(c1coc3cc(C)c(C)c(C(=O)[O-])c3c1=O)=CC2.NC(=O)CBr.NC(=O)COC(=O)c1c(O)c(O)cc2occ(C3=CCc4cc(O)c(O)cc4C3=O)c(=O)c12. The first kappa shape index (κ1) is 82.8. The Kier molecular flexibility index (Phi) is 26.5. The van der Waals surface area contributed by atoms with Crippen LogP contribution in [0.4, 0.5) is 0 Å². The second kappa shape index (κ2) is 35.8. The molecule has 3 aliphatic rings. The molecule has 0 radical (unpaired) electrons. The zero-order valence-corrected chi connectivity index (χ0v) is 62.3. The maximum Gasteiger partial charge on any atom is 0.343 e. The van der Waals surface area contributed by atoms with Crippen molar-refractivity contribution >= 4 is 119 Å². The van der Waals surface area contributed by atoms with Crippen molar-refractivity contribution in [3.63, 3.8) is 0 Å². The maximum absolute atomic E-state index is 13.8. The van der Waals surface area contributed by atoms with E-state index in [-0.39, 0.29) is 134 Å². The molecule has 0 saturated carbocycles. The minimum atomic E-state index is -1.49. The number of phenolic OH excluding ortho intramolecular Hbond substituents is 4. The number of carboxylic acid groups (broad SMARTS) is 1. The average molecular weight is 1610 g/mol.